The van der Waals surface area contributed by atoms with Gasteiger partial charge in [-0.2, -0.15) is 5.06 Å². The maximum absolute atomic E-state index is 5.51. The highest BCUT2D eigenvalue weighted by Gasteiger charge is 2.35. The number of nitrogens with two attached hydrogens (primary N) is 1. The zero-order valence-corrected chi connectivity index (χ0v) is 7.24. The molecule has 0 saturated carbocycles. The highest BCUT2D eigenvalue weighted by atomic mass is 16.7. The van der Waals surface area contributed by atoms with E-state index in [2.05, 4.69) is 0 Å². The van der Waals surface area contributed by atoms with Gasteiger partial charge < -0.3 is 10.5 Å². The van der Waals surface area contributed by atoms with Gasteiger partial charge in [-0.15, -0.1) is 0 Å². The maximum atomic E-state index is 5.51. The molecule has 0 spiro atoms. The number of epoxide rings is 1. The van der Waals surface area contributed by atoms with E-state index >= 15 is 0 Å². The van der Waals surface area contributed by atoms with E-state index < -0.39 is 0 Å². The fraction of sp³-hybridized carbons (Fsp3) is 1.00. The van der Waals surface area contributed by atoms with E-state index in [9.17, 15) is 0 Å². The molecule has 0 aromatic carbocycles. The summed E-state index contributed by atoms with van der Waals surface area (Å²) in [5.41, 5.74) is 5.46. The molecule has 2 heterocycles. The third-order valence-electron chi connectivity index (χ3n) is 2.36. The van der Waals surface area contributed by atoms with Crippen molar-refractivity contribution in [2.24, 2.45) is 5.73 Å². The quantitative estimate of drug-likeness (QED) is 0.613. The van der Waals surface area contributed by atoms with Crippen LogP contribution in [0.15, 0.2) is 0 Å². The van der Waals surface area contributed by atoms with Gasteiger partial charge in [-0.3, -0.25) is 4.84 Å². The first-order valence-electron chi connectivity index (χ1n) is 4.65. The van der Waals surface area contributed by atoms with Crippen LogP contribution in [0, 0.1) is 0 Å². The van der Waals surface area contributed by atoms with Gasteiger partial charge in [-0.05, 0) is 12.8 Å². The van der Waals surface area contributed by atoms with Crippen molar-refractivity contribution in [1.29, 1.82) is 0 Å². The fourth-order valence-electron chi connectivity index (χ4n) is 1.46. The average molecular weight is 172 g/mol. The Morgan fingerprint density at radius 2 is 2.00 bits per heavy atom. The molecular formula is C8H16N2O2. The molecule has 2 rings (SSSR count). The van der Waals surface area contributed by atoms with Crippen LogP contribution in [0.2, 0.25) is 0 Å². The summed E-state index contributed by atoms with van der Waals surface area (Å²) in [6, 6.07) is 0. The lowest BCUT2D eigenvalue weighted by molar-refractivity contribution is -0.171. The molecule has 2 aliphatic rings. The van der Waals surface area contributed by atoms with Crippen LogP contribution in [0.4, 0.5) is 0 Å². The number of ether oxygens (including phenoxy) is 1. The third-order valence-corrected chi connectivity index (χ3v) is 2.36. The van der Waals surface area contributed by atoms with Gasteiger partial charge in [-0.25, -0.2) is 0 Å². The molecule has 2 unspecified atom stereocenters. The van der Waals surface area contributed by atoms with Gasteiger partial charge in [0.05, 0.1) is 6.61 Å². The molecule has 70 valence electrons. The van der Waals surface area contributed by atoms with Gasteiger partial charge in [0.15, 0.2) is 0 Å². The standard InChI is InChI=1S/C8H16N2O2/c9-8-7(12-8)6-11-10-4-2-1-3-5-10/h7-8H,1-6,9H2. The summed E-state index contributed by atoms with van der Waals surface area (Å²) in [6.07, 6.45) is 3.90. The van der Waals surface area contributed by atoms with Gasteiger partial charge >= 0.3 is 0 Å². The molecule has 12 heavy (non-hydrogen) atoms. The van der Waals surface area contributed by atoms with Crippen molar-refractivity contribution in [1.82, 2.24) is 5.06 Å². The van der Waals surface area contributed by atoms with E-state index in [1.54, 1.807) is 0 Å². The van der Waals surface area contributed by atoms with Gasteiger partial charge in [0.25, 0.3) is 0 Å². The van der Waals surface area contributed by atoms with E-state index in [-0.39, 0.29) is 12.3 Å². The zero-order valence-electron chi connectivity index (χ0n) is 7.24. The van der Waals surface area contributed by atoms with E-state index in [1.807, 2.05) is 5.06 Å². The molecule has 4 heteroatoms. The Kier molecular flexibility index (Phi) is 2.60. The van der Waals surface area contributed by atoms with Gasteiger partial charge in [0.2, 0.25) is 0 Å². The molecule has 2 aliphatic heterocycles. The summed E-state index contributed by atoms with van der Waals surface area (Å²) in [5, 5.41) is 2.03. The van der Waals surface area contributed by atoms with Crippen molar-refractivity contribution in [2.75, 3.05) is 19.7 Å². The van der Waals surface area contributed by atoms with Crippen LogP contribution >= 0.6 is 0 Å². The molecule has 0 aliphatic carbocycles. The SMILES string of the molecule is NC1OC1CON1CCCCC1. The monoisotopic (exact) mass is 172 g/mol. The van der Waals surface area contributed by atoms with Gasteiger partial charge in [-0.1, -0.05) is 6.42 Å². The first-order valence-corrected chi connectivity index (χ1v) is 4.65. The third kappa shape index (κ3) is 2.17. The molecule has 2 fully saturated rings. The van der Waals surface area contributed by atoms with Gasteiger partial charge in [0, 0.05) is 13.1 Å². The van der Waals surface area contributed by atoms with Crippen LogP contribution in [-0.4, -0.2) is 37.1 Å². The van der Waals surface area contributed by atoms with E-state index in [0.717, 1.165) is 13.1 Å². The summed E-state index contributed by atoms with van der Waals surface area (Å²) in [5.74, 6) is 0. The van der Waals surface area contributed by atoms with Crippen molar-refractivity contribution in [2.45, 2.75) is 31.6 Å². The number of piperidine rings is 1. The average Bonchev–Trinajstić information content (AvgIpc) is 2.81. The van der Waals surface area contributed by atoms with Crippen LogP contribution < -0.4 is 5.73 Å². The van der Waals surface area contributed by atoms with Gasteiger partial charge in [0.1, 0.15) is 12.3 Å². The summed E-state index contributed by atoms with van der Waals surface area (Å²) in [4.78, 5) is 5.51. The predicted molar refractivity (Wildman–Crippen MR) is 44.2 cm³/mol. The largest absolute Gasteiger partial charge is 0.351 e. The minimum atomic E-state index is -0.0743. The van der Waals surface area contributed by atoms with Crippen LogP contribution in [0.25, 0.3) is 0 Å². The minimum Gasteiger partial charge on any atom is -0.351 e. The Hall–Kier alpha value is -0.160. The first kappa shape index (κ1) is 8.44. The number of hydrogen-bond donors (Lipinski definition) is 1. The highest BCUT2D eigenvalue weighted by molar-refractivity contribution is 4.78. The fourth-order valence-corrected chi connectivity index (χ4v) is 1.46. The summed E-state index contributed by atoms with van der Waals surface area (Å²) in [7, 11) is 0. The number of nitrogens with zero attached hydrogens (tertiary/aromatic N) is 1. The van der Waals surface area contributed by atoms with Crippen LogP contribution in [-0.2, 0) is 9.57 Å². The second-order valence-corrected chi connectivity index (χ2v) is 3.42. The number of hydrogen-bond acceptors (Lipinski definition) is 4. The molecule has 2 saturated heterocycles. The smallest absolute Gasteiger partial charge is 0.135 e. The van der Waals surface area contributed by atoms with E-state index in [1.165, 1.54) is 19.3 Å². The normalized spacial score (nSPS) is 36.8. The summed E-state index contributed by atoms with van der Waals surface area (Å²) >= 11 is 0. The molecule has 0 aromatic heterocycles. The molecule has 0 amide bonds. The van der Waals surface area contributed by atoms with Crippen LogP contribution in [0.3, 0.4) is 0 Å². The Labute approximate surface area is 72.6 Å². The van der Waals surface area contributed by atoms with E-state index in [0.29, 0.717) is 6.61 Å². The van der Waals surface area contributed by atoms with Crippen LogP contribution in [0.1, 0.15) is 19.3 Å². The topological polar surface area (TPSA) is 51.0 Å². The maximum Gasteiger partial charge on any atom is 0.135 e. The summed E-state index contributed by atoms with van der Waals surface area (Å²) in [6.45, 7) is 2.74. The highest BCUT2D eigenvalue weighted by Crippen LogP contribution is 2.17. The van der Waals surface area contributed by atoms with Crippen molar-refractivity contribution >= 4 is 0 Å². The molecule has 0 aromatic rings. The second kappa shape index (κ2) is 3.70. The van der Waals surface area contributed by atoms with Crippen molar-refractivity contribution < 1.29 is 9.57 Å². The summed E-state index contributed by atoms with van der Waals surface area (Å²) < 4.78 is 5.03. The molecule has 4 nitrogen and oxygen atoms in total. The first-order chi connectivity index (χ1) is 5.86. The van der Waals surface area contributed by atoms with Crippen molar-refractivity contribution in [3.05, 3.63) is 0 Å². The van der Waals surface area contributed by atoms with Crippen LogP contribution in [0.5, 0.6) is 0 Å². The van der Waals surface area contributed by atoms with Crippen molar-refractivity contribution in [3.8, 4) is 0 Å². The second-order valence-electron chi connectivity index (χ2n) is 3.42. The predicted octanol–water partition coefficient (Wildman–Crippen LogP) is 0.0875. The zero-order chi connectivity index (χ0) is 8.39. The molecule has 0 radical (unpaired) electrons. The lowest BCUT2D eigenvalue weighted by Gasteiger charge is -2.25. The molecule has 0 bridgehead atoms. The lowest BCUT2D eigenvalue weighted by atomic mass is 10.2. The molecular weight excluding hydrogens is 156 g/mol. The molecule has 2 N–H and O–H groups in total. The molecule has 2 atom stereocenters. The minimum absolute atomic E-state index is 0.0743. The van der Waals surface area contributed by atoms with Crippen molar-refractivity contribution in [3.63, 3.8) is 0 Å². The number of rotatable bonds is 3. The number of hydroxylamine groups is 2. The Morgan fingerprint density at radius 1 is 1.33 bits per heavy atom. The Morgan fingerprint density at radius 3 is 2.58 bits per heavy atom. The van der Waals surface area contributed by atoms with E-state index in [4.69, 9.17) is 15.3 Å². The Balaban J connectivity index is 1.59. The lowest BCUT2D eigenvalue weighted by Crippen LogP contribution is -2.31. The Bertz CT molecular complexity index is 148.